The first-order valence-corrected chi connectivity index (χ1v) is 8.45. The van der Waals surface area contributed by atoms with Gasteiger partial charge >= 0.3 is 0 Å². The zero-order chi connectivity index (χ0) is 15.3. The molecule has 0 radical (unpaired) electrons. The normalized spacial score (nSPS) is 11.5. The molecule has 0 aliphatic carbocycles. The van der Waals surface area contributed by atoms with E-state index in [9.17, 15) is 13.5 Å². The molecule has 0 heterocycles. The molecular weight excluding hydrogens is 310 g/mol. The second-order valence-electron chi connectivity index (χ2n) is 4.57. The van der Waals surface area contributed by atoms with Gasteiger partial charge in [-0.05, 0) is 41.8 Å². The quantitative estimate of drug-likeness (QED) is 0.802. The molecule has 112 valence electrons. The number of halogens is 1. The summed E-state index contributed by atoms with van der Waals surface area (Å²) in [6.07, 6.45) is 0.711. The fraction of sp³-hybridized carbons (Fsp3) is 0.200. The fourth-order valence-electron chi connectivity index (χ4n) is 1.82. The maximum Gasteiger partial charge on any atom is 0.240 e. The van der Waals surface area contributed by atoms with Crippen molar-refractivity contribution in [1.82, 2.24) is 4.72 Å². The summed E-state index contributed by atoms with van der Waals surface area (Å²) >= 11 is 5.65. The Morgan fingerprint density at radius 1 is 0.952 bits per heavy atom. The van der Waals surface area contributed by atoms with Gasteiger partial charge in [0, 0.05) is 12.4 Å². The van der Waals surface area contributed by atoms with Gasteiger partial charge in [-0.3, -0.25) is 0 Å². The van der Waals surface area contributed by atoms with Gasteiger partial charge in [0.05, 0.1) is 4.90 Å². The Morgan fingerprint density at radius 2 is 1.52 bits per heavy atom. The van der Waals surface area contributed by atoms with E-state index < -0.39 is 10.0 Å². The number of nitrogens with one attached hydrogen (secondary N) is 1. The van der Waals surface area contributed by atoms with Crippen LogP contribution in [0.1, 0.15) is 11.1 Å². The average Bonchev–Trinajstić information content (AvgIpc) is 2.48. The first-order chi connectivity index (χ1) is 10.0. The Balaban J connectivity index is 2.05. The van der Waals surface area contributed by atoms with Crippen molar-refractivity contribution in [1.29, 1.82) is 0 Å². The molecule has 0 saturated heterocycles. The van der Waals surface area contributed by atoms with Crippen molar-refractivity contribution in [2.75, 3.05) is 5.88 Å². The highest BCUT2D eigenvalue weighted by molar-refractivity contribution is 7.89. The van der Waals surface area contributed by atoms with Gasteiger partial charge in [0.1, 0.15) is 5.75 Å². The molecule has 2 aromatic carbocycles. The molecule has 0 unspecified atom stereocenters. The lowest BCUT2D eigenvalue weighted by molar-refractivity contribution is 0.475. The summed E-state index contributed by atoms with van der Waals surface area (Å²) < 4.78 is 26.8. The van der Waals surface area contributed by atoms with E-state index in [1.54, 1.807) is 36.4 Å². The van der Waals surface area contributed by atoms with Crippen LogP contribution in [-0.2, 0) is 23.0 Å². The van der Waals surface area contributed by atoms with Crippen LogP contribution in [0.3, 0.4) is 0 Å². The molecule has 0 fully saturated rings. The highest BCUT2D eigenvalue weighted by Gasteiger charge is 2.13. The van der Waals surface area contributed by atoms with Crippen LogP contribution in [0.15, 0.2) is 53.4 Å². The van der Waals surface area contributed by atoms with Crippen molar-refractivity contribution < 1.29 is 13.5 Å². The summed E-state index contributed by atoms with van der Waals surface area (Å²) in [5, 5.41) is 9.18. The Labute approximate surface area is 129 Å². The van der Waals surface area contributed by atoms with E-state index in [0.29, 0.717) is 12.3 Å². The highest BCUT2D eigenvalue weighted by atomic mass is 35.5. The molecule has 2 rings (SSSR count). The molecule has 0 spiro atoms. The third kappa shape index (κ3) is 4.46. The van der Waals surface area contributed by atoms with Crippen LogP contribution in [-0.4, -0.2) is 19.4 Å². The molecule has 2 N–H and O–H groups in total. The molecule has 0 aromatic heterocycles. The van der Waals surface area contributed by atoms with Crippen molar-refractivity contribution in [3.63, 3.8) is 0 Å². The minimum atomic E-state index is -3.55. The minimum absolute atomic E-state index is 0.150. The maximum atomic E-state index is 12.2. The van der Waals surface area contributed by atoms with Crippen molar-refractivity contribution in [2.45, 2.75) is 17.9 Å². The zero-order valence-electron chi connectivity index (χ0n) is 11.3. The van der Waals surface area contributed by atoms with Crippen molar-refractivity contribution >= 4 is 21.6 Å². The summed E-state index contributed by atoms with van der Waals surface area (Å²) in [4.78, 5) is 0.222. The van der Waals surface area contributed by atoms with Crippen molar-refractivity contribution in [2.24, 2.45) is 0 Å². The molecule has 0 aliphatic rings. The predicted molar refractivity (Wildman–Crippen MR) is 83.0 cm³/mol. The van der Waals surface area contributed by atoms with Gasteiger partial charge in [-0.1, -0.05) is 24.3 Å². The Morgan fingerprint density at radius 3 is 2.10 bits per heavy atom. The molecule has 0 aliphatic heterocycles. The summed E-state index contributed by atoms with van der Waals surface area (Å²) in [5.41, 5.74) is 1.78. The molecule has 4 nitrogen and oxygen atoms in total. The molecular formula is C15H16ClNO3S. The van der Waals surface area contributed by atoms with E-state index in [1.165, 1.54) is 12.1 Å². The van der Waals surface area contributed by atoms with Gasteiger partial charge in [-0.15, -0.1) is 11.6 Å². The monoisotopic (exact) mass is 325 g/mol. The molecule has 21 heavy (non-hydrogen) atoms. The first-order valence-electron chi connectivity index (χ1n) is 6.44. The number of hydrogen-bond donors (Lipinski definition) is 2. The van der Waals surface area contributed by atoms with Crippen LogP contribution in [0.4, 0.5) is 0 Å². The van der Waals surface area contributed by atoms with Crippen LogP contribution in [0.2, 0.25) is 0 Å². The second-order valence-corrected chi connectivity index (χ2v) is 6.72. The fourth-order valence-corrected chi connectivity index (χ4v) is 3.06. The van der Waals surface area contributed by atoms with E-state index in [1.807, 2.05) is 0 Å². The number of rotatable bonds is 6. The number of sulfonamides is 1. The summed E-state index contributed by atoms with van der Waals surface area (Å²) in [6.45, 7) is 0.173. The SMILES string of the molecule is O=S(=O)(NCc1ccc(O)cc1)c1ccc(CCCl)cc1. The summed E-state index contributed by atoms with van der Waals surface area (Å²) in [6, 6.07) is 13.0. The largest absolute Gasteiger partial charge is 0.508 e. The van der Waals surface area contributed by atoms with Crippen LogP contribution in [0.25, 0.3) is 0 Å². The molecule has 6 heteroatoms. The lowest BCUT2D eigenvalue weighted by Gasteiger charge is -2.08. The number of benzene rings is 2. The lowest BCUT2D eigenvalue weighted by Crippen LogP contribution is -2.23. The van der Waals surface area contributed by atoms with Crippen molar-refractivity contribution in [3.8, 4) is 5.75 Å². The van der Waals surface area contributed by atoms with Gasteiger partial charge in [0.25, 0.3) is 0 Å². The number of phenolic OH excluding ortho intramolecular Hbond substituents is 1. The average molecular weight is 326 g/mol. The topological polar surface area (TPSA) is 66.4 Å². The predicted octanol–water partition coefficient (Wildman–Crippen LogP) is 2.65. The van der Waals surface area contributed by atoms with Gasteiger partial charge in [-0.25, -0.2) is 13.1 Å². The van der Waals surface area contributed by atoms with E-state index in [2.05, 4.69) is 4.72 Å². The molecule has 2 aromatic rings. The summed E-state index contributed by atoms with van der Waals surface area (Å²) in [7, 11) is -3.55. The van der Waals surface area contributed by atoms with Gasteiger partial charge in [-0.2, -0.15) is 0 Å². The Bertz CT molecular complexity index is 682. The van der Waals surface area contributed by atoms with E-state index >= 15 is 0 Å². The minimum Gasteiger partial charge on any atom is -0.508 e. The van der Waals surface area contributed by atoms with E-state index in [4.69, 9.17) is 11.6 Å². The van der Waals surface area contributed by atoms with Gasteiger partial charge < -0.3 is 5.11 Å². The smallest absolute Gasteiger partial charge is 0.240 e. The Kier molecular flexibility index (Phi) is 5.22. The standard InChI is InChI=1S/C15H16ClNO3S/c16-10-9-12-3-7-15(8-4-12)21(19,20)17-11-13-1-5-14(18)6-2-13/h1-8,17-18H,9-11H2. The van der Waals surface area contributed by atoms with Crippen LogP contribution in [0, 0.1) is 0 Å². The molecule has 0 saturated carbocycles. The number of phenols is 1. The third-order valence-electron chi connectivity index (χ3n) is 3.02. The van der Waals surface area contributed by atoms with E-state index in [-0.39, 0.29) is 17.2 Å². The molecule has 0 amide bonds. The van der Waals surface area contributed by atoms with Crippen LogP contribution >= 0.6 is 11.6 Å². The van der Waals surface area contributed by atoms with Gasteiger partial charge in [0.2, 0.25) is 10.0 Å². The van der Waals surface area contributed by atoms with Crippen LogP contribution in [0.5, 0.6) is 5.75 Å². The first kappa shape index (κ1) is 15.8. The van der Waals surface area contributed by atoms with Crippen molar-refractivity contribution in [3.05, 3.63) is 59.7 Å². The van der Waals surface area contributed by atoms with Gasteiger partial charge in [0.15, 0.2) is 0 Å². The maximum absolute atomic E-state index is 12.2. The third-order valence-corrected chi connectivity index (χ3v) is 4.63. The Hall–Kier alpha value is -1.56. The number of hydrogen-bond acceptors (Lipinski definition) is 3. The number of aryl methyl sites for hydroxylation is 1. The number of alkyl halides is 1. The van der Waals surface area contributed by atoms with Crippen LogP contribution < -0.4 is 4.72 Å². The van der Waals surface area contributed by atoms with E-state index in [0.717, 1.165) is 11.1 Å². The lowest BCUT2D eigenvalue weighted by atomic mass is 10.2. The zero-order valence-corrected chi connectivity index (χ0v) is 12.9. The summed E-state index contributed by atoms with van der Waals surface area (Å²) in [5.74, 6) is 0.655. The second kappa shape index (κ2) is 6.93. The molecule has 0 bridgehead atoms. The highest BCUT2D eigenvalue weighted by Crippen LogP contribution is 2.13. The molecule has 0 atom stereocenters. The number of aromatic hydroxyl groups is 1.